The summed E-state index contributed by atoms with van der Waals surface area (Å²) in [5.41, 5.74) is 1.04. The highest BCUT2D eigenvalue weighted by Gasteiger charge is 2.10. The second-order valence-corrected chi connectivity index (χ2v) is 6.47. The number of aromatic nitrogens is 4. The monoisotopic (exact) mass is 349 g/mol. The van der Waals surface area contributed by atoms with E-state index in [1.165, 1.54) is 11.8 Å². The lowest BCUT2D eigenvalue weighted by atomic mass is 10.2. The van der Waals surface area contributed by atoms with Crippen LogP contribution < -0.4 is 10.1 Å². The lowest BCUT2D eigenvalue weighted by molar-refractivity contribution is -0.118. The van der Waals surface area contributed by atoms with Crippen molar-refractivity contribution in [2.24, 2.45) is 0 Å². The van der Waals surface area contributed by atoms with Gasteiger partial charge in [0.2, 0.25) is 5.91 Å². The van der Waals surface area contributed by atoms with Crippen molar-refractivity contribution < 1.29 is 9.53 Å². The van der Waals surface area contributed by atoms with Crippen LogP contribution in [0.15, 0.2) is 24.3 Å². The topological polar surface area (TPSA) is 81.9 Å². The summed E-state index contributed by atoms with van der Waals surface area (Å²) >= 11 is 1.50. The molecule has 1 amide bonds. The zero-order valence-corrected chi connectivity index (χ0v) is 15.0. The van der Waals surface area contributed by atoms with E-state index in [-0.39, 0.29) is 11.9 Å². The molecule has 0 aliphatic rings. The van der Waals surface area contributed by atoms with Gasteiger partial charge in [-0.2, -0.15) is 0 Å². The summed E-state index contributed by atoms with van der Waals surface area (Å²) in [6.45, 7) is 7.15. The van der Waals surface area contributed by atoms with Crippen LogP contribution in [0.2, 0.25) is 0 Å². The third-order valence-corrected chi connectivity index (χ3v) is 4.17. The van der Waals surface area contributed by atoms with Crippen LogP contribution in [-0.4, -0.2) is 38.5 Å². The molecule has 2 aromatic rings. The molecular weight excluding hydrogens is 326 g/mol. The van der Waals surface area contributed by atoms with Crippen LogP contribution in [-0.2, 0) is 17.1 Å². The maximum absolute atomic E-state index is 11.9. The maximum Gasteiger partial charge on any atom is 0.230 e. The van der Waals surface area contributed by atoms with Crippen molar-refractivity contribution in [1.82, 2.24) is 25.5 Å². The summed E-state index contributed by atoms with van der Waals surface area (Å²) in [5, 5.41) is 14.5. The summed E-state index contributed by atoms with van der Waals surface area (Å²) in [6.07, 6.45) is 0. The molecule has 0 aliphatic heterocycles. The standard InChI is InChI=1S/C16H23N5O2S/c1-4-23-14-7-5-13(6-8-14)9-17-16(22)11-24-10-15-18-19-20-21(15)12(2)3/h5-8,12H,4,9-11H2,1-3H3,(H,17,22). The highest BCUT2D eigenvalue weighted by molar-refractivity contribution is 7.99. The maximum atomic E-state index is 11.9. The van der Waals surface area contributed by atoms with Gasteiger partial charge in [0.1, 0.15) is 5.75 Å². The van der Waals surface area contributed by atoms with Crippen LogP contribution in [0.25, 0.3) is 0 Å². The van der Waals surface area contributed by atoms with Gasteiger partial charge in [-0.1, -0.05) is 12.1 Å². The highest BCUT2D eigenvalue weighted by atomic mass is 32.2. The van der Waals surface area contributed by atoms with Crippen molar-refractivity contribution in [3.8, 4) is 5.75 Å². The predicted molar refractivity (Wildman–Crippen MR) is 93.8 cm³/mol. The SMILES string of the molecule is CCOc1ccc(CNC(=O)CSCc2nnnn2C(C)C)cc1. The van der Waals surface area contributed by atoms with Crippen molar-refractivity contribution in [2.75, 3.05) is 12.4 Å². The number of thioether (sulfide) groups is 1. The first-order chi connectivity index (χ1) is 11.6. The van der Waals surface area contributed by atoms with E-state index in [1.807, 2.05) is 45.0 Å². The fourth-order valence-electron chi connectivity index (χ4n) is 2.07. The summed E-state index contributed by atoms with van der Waals surface area (Å²) < 4.78 is 7.16. The van der Waals surface area contributed by atoms with E-state index in [4.69, 9.17) is 4.74 Å². The summed E-state index contributed by atoms with van der Waals surface area (Å²) in [4.78, 5) is 11.9. The Morgan fingerprint density at radius 3 is 2.75 bits per heavy atom. The number of amides is 1. The molecule has 24 heavy (non-hydrogen) atoms. The highest BCUT2D eigenvalue weighted by Crippen LogP contribution is 2.13. The van der Waals surface area contributed by atoms with Gasteiger partial charge in [0.15, 0.2) is 5.82 Å². The number of ether oxygens (including phenoxy) is 1. The smallest absolute Gasteiger partial charge is 0.230 e. The van der Waals surface area contributed by atoms with Gasteiger partial charge in [-0.05, 0) is 48.9 Å². The van der Waals surface area contributed by atoms with Crippen molar-refractivity contribution >= 4 is 17.7 Å². The first-order valence-corrected chi connectivity index (χ1v) is 9.08. The predicted octanol–water partition coefficient (Wildman–Crippen LogP) is 2.20. The molecule has 2 rings (SSSR count). The molecule has 8 heteroatoms. The van der Waals surface area contributed by atoms with Crippen LogP contribution in [0.3, 0.4) is 0 Å². The van der Waals surface area contributed by atoms with Gasteiger partial charge < -0.3 is 10.1 Å². The molecule has 7 nitrogen and oxygen atoms in total. The fourth-order valence-corrected chi connectivity index (χ4v) is 2.83. The lowest BCUT2D eigenvalue weighted by Gasteiger charge is -2.08. The number of nitrogens with zero attached hydrogens (tertiary/aromatic N) is 4. The first-order valence-electron chi connectivity index (χ1n) is 7.93. The zero-order valence-electron chi connectivity index (χ0n) is 14.2. The Morgan fingerprint density at radius 1 is 1.33 bits per heavy atom. The van der Waals surface area contributed by atoms with Crippen LogP contribution in [0.5, 0.6) is 5.75 Å². The van der Waals surface area contributed by atoms with E-state index >= 15 is 0 Å². The Labute approximate surface area is 146 Å². The molecule has 0 saturated heterocycles. The number of nitrogens with one attached hydrogen (secondary N) is 1. The van der Waals surface area contributed by atoms with Gasteiger partial charge in [0.05, 0.1) is 24.2 Å². The molecule has 0 atom stereocenters. The van der Waals surface area contributed by atoms with Crippen LogP contribution in [0.1, 0.15) is 38.2 Å². The number of carbonyl (C=O) groups excluding carboxylic acids is 1. The van der Waals surface area contributed by atoms with Crippen molar-refractivity contribution in [3.05, 3.63) is 35.7 Å². The minimum atomic E-state index is -0.00236. The van der Waals surface area contributed by atoms with Crippen molar-refractivity contribution in [1.29, 1.82) is 0 Å². The third kappa shape index (κ3) is 5.52. The average Bonchev–Trinajstić information content (AvgIpc) is 3.03. The van der Waals surface area contributed by atoms with Gasteiger partial charge in [-0.15, -0.1) is 16.9 Å². The molecule has 1 aromatic heterocycles. The Kier molecular flexibility index (Phi) is 7.05. The van der Waals surface area contributed by atoms with E-state index in [0.29, 0.717) is 24.7 Å². The largest absolute Gasteiger partial charge is 0.494 e. The molecule has 1 aromatic carbocycles. The number of hydrogen-bond donors (Lipinski definition) is 1. The van der Waals surface area contributed by atoms with Gasteiger partial charge >= 0.3 is 0 Å². The van der Waals surface area contributed by atoms with Crippen LogP contribution >= 0.6 is 11.8 Å². The summed E-state index contributed by atoms with van der Waals surface area (Å²) in [7, 11) is 0. The van der Waals surface area contributed by atoms with E-state index in [0.717, 1.165) is 17.1 Å². The number of benzene rings is 1. The van der Waals surface area contributed by atoms with E-state index in [2.05, 4.69) is 20.8 Å². The number of tetrazole rings is 1. The number of rotatable bonds is 9. The molecule has 130 valence electrons. The fraction of sp³-hybridized carbons (Fsp3) is 0.500. The molecule has 0 unspecified atom stereocenters. The molecule has 0 spiro atoms. The van der Waals surface area contributed by atoms with E-state index in [1.54, 1.807) is 4.68 Å². The Balaban J connectivity index is 1.70. The quantitative estimate of drug-likeness (QED) is 0.747. The minimum Gasteiger partial charge on any atom is -0.494 e. The normalized spacial score (nSPS) is 10.8. The molecule has 0 radical (unpaired) electrons. The average molecular weight is 349 g/mol. The second kappa shape index (κ2) is 9.27. The Bertz CT molecular complexity index is 642. The zero-order chi connectivity index (χ0) is 17.4. The molecule has 0 aliphatic carbocycles. The summed E-state index contributed by atoms with van der Waals surface area (Å²) in [6, 6.07) is 7.94. The molecule has 0 fully saturated rings. The van der Waals surface area contributed by atoms with Crippen LogP contribution in [0, 0.1) is 0 Å². The Hall–Kier alpha value is -2.09. The summed E-state index contributed by atoms with van der Waals surface area (Å²) in [5.74, 6) is 2.61. The van der Waals surface area contributed by atoms with Gasteiger partial charge in [-0.25, -0.2) is 4.68 Å². The minimum absolute atomic E-state index is 0.00236. The van der Waals surface area contributed by atoms with E-state index < -0.39 is 0 Å². The molecule has 0 bridgehead atoms. The van der Waals surface area contributed by atoms with Gasteiger partial charge in [0.25, 0.3) is 0 Å². The lowest BCUT2D eigenvalue weighted by Crippen LogP contribution is -2.24. The molecular formula is C16H23N5O2S. The molecule has 1 heterocycles. The first kappa shape index (κ1) is 18.3. The van der Waals surface area contributed by atoms with E-state index in [9.17, 15) is 4.79 Å². The number of carbonyl (C=O) groups is 1. The van der Waals surface area contributed by atoms with Gasteiger partial charge in [0, 0.05) is 6.54 Å². The van der Waals surface area contributed by atoms with Gasteiger partial charge in [-0.3, -0.25) is 4.79 Å². The third-order valence-electron chi connectivity index (χ3n) is 3.24. The number of hydrogen-bond acceptors (Lipinski definition) is 6. The Morgan fingerprint density at radius 2 is 2.08 bits per heavy atom. The van der Waals surface area contributed by atoms with Crippen molar-refractivity contribution in [2.45, 2.75) is 39.1 Å². The second-order valence-electron chi connectivity index (χ2n) is 5.48. The van der Waals surface area contributed by atoms with Crippen molar-refractivity contribution in [3.63, 3.8) is 0 Å². The molecule has 0 saturated carbocycles. The molecule has 1 N–H and O–H groups in total. The van der Waals surface area contributed by atoms with Crippen LogP contribution in [0.4, 0.5) is 0 Å².